The number of aliphatic carboxylic acids is 1. The van der Waals surface area contributed by atoms with E-state index in [-0.39, 0.29) is 5.92 Å². The lowest BCUT2D eigenvalue weighted by molar-refractivity contribution is -0.147. The van der Waals surface area contributed by atoms with Gasteiger partial charge in [0.15, 0.2) is 0 Å². The molecule has 0 amide bonds. The van der Waals surface area contributed by atoms with Gasteiger partial charge in [0.1, 0.15) is 6.04 Å². The number of benzene rings is 1. The van der Waals surface area contributed by atoms with Gasteiger partial charge in [-0.25, -0.2) is 0 Å². The fourth-order valence-corrected chi connectivity index (χ4v) is 3.25. The molecule has 2 unspecified atom stereocenters. The summed E-state index contributed by atoms with van der Waals surface area (Å²) in [4.78, 5) is 18.2. The van der Waals surface area contributed by atoms with Crippen LogP contribution in [0.25, 0.3) is 10.9 Å². The topological polar surface area (TPSA) is 53.4 Å². The number of rotatable bonds is 3. The predicted molar refractivity (Wildman–Crippen MR) is 82.0 cm³/mol. The molecular weight excluding hydrogens is 264 g/mol. The van der Waals surface area contributed by atoms with Gasteiger partial charge in [-0.15, -0.1) is 0 Å². The highest BCUT2D eigenvalue weighted by Gasteiger charge is 2.34. The van der Waals surface area contributed by atoms with Crippen molar-refractivity contribution in [1.82, 2.24) is 9.88 Å². The molecule has 1 aromatic heterocycles. The highest BCUT2D eigenvalue weighted by molar-refractivity contribution is 5.78. The summed E-state index contributed by atoms with van der Waals surface area (Å²) in [7, 11) is 0. The zero-order valence-corrected chi connectivity index (χ0v) is 12.2. The van der Waals surface area contributed by atoms with Crippen LogP contribution in [0.3, 0.4) is 0 Å². The van der Waals surface area contributed by atoms with Gasteiger partial charge in [0.25, 0.3) is 0 Å². The number of fused-ring (bicyclic) bond motifs is 1. The van der Waals surface area contributed by atoms with E-state index in [1.165, 1.54) is 0 Å². The molecule has 1 fully saturated rings. The van der Waals surface area contributed by atoms with E-state index in [1.54, 1.807) is 0 Å². The molecule has 0 bridgehead atoms. The Bertz CT molecular complexity index is 656. The van der Waals surface area contributed by atoms with Gasteiger partial charge < -0.3 is 5.11 Å². The smallest absolute Gasteiger partial charge is 0.321 e. The van der Waals surface area contributed by atoms with Crippen molar-refractivity contribution in [3.8, 4) is 0 Å². The Kier molecular flexibility index (Phi) is 3.88. The van der Waals surface area contributed by atoms with Gasteiger partial charge >= 0.3 is 5.97 Å². The minimum absolute atomic E-state index is 0.191. The quantitative estimate of drug-likeness (QED) is 0.941. The molecule has 2 aromatic rings. The number of aromatic nitrogens is 1. The van der Waals surface area contributed by atoms with Gasteiger partial charge in [-0.05, 0) is 37.4 Å². The minimum atomic E-state index is -0.719. The minimum Gasteiger partial charge on any atom is -0.480 e. The van der Waals surface area contributed by atoms with E-state index >= 15 is 0 Å². The fourth-order valence-electron chi connectivity index (χ4n) is 3.25. The molecule has 0 aliphatic carbocycles. The Morgan fingerprint density at radius 1 is 1.33 bits per heavy atom. The van der Waals surface area contributed by atoms with Crippen molar-refractivity contribution in [3.05, 3.63) is 42.1 Å². The second kappa shape index (κ2) is 5.82. The second-order valence-electron chi connectivity index (χ2n) is 5.87. The number of hydrogen-bond acceptors (Lipinski definition) is 3. The summed E-state index contributed by atoms with van der Waals surface area (Å²) >= 11 is 0. The van der Waals surface area contributed by atoms with Crippen molar-refractivity contribution in [2.24, 2.45) is 5.92 Å². The first kappa shape index (κ1) is 14.0. The van der Waals surface area contributed by atoms with Crippen LogP contribution in [0.2, 0.25) is 0 Å². The van der Waals surface area contributed by atoms with E-state index in [0.717, 1.165) is 36.0 Å². The Hall–Kier alpha value is -1.94. The first-order valence-corrected chi connectivity index (χ1v) is 7.46. The van der Waals surface area contributed by atoms with Gasteiger partial charge in [0.2, 0.25) is 0 Å². The van der Waals surface area contributed by atoms with Crippen LogP contribution in [0.5, 0.6) is 0 Å². The monoisotopic (exact) mass is 284 g/mol. The summed E-state index contributed by atoms with van der Waals surface area (Å²) in [5.41, 5.74) is 1.90. The zero-order chi connectivity index (χ0) is 14.8. The molecule has 1 aliphatic heterocycles. The van der Waals surface area contributed by atoms with Crippen LogP contribution in [0.4, 0.5) is 0 Å². The first-order chi connectivity index (χ1) is 10.1. The molecule has 0 saturated carbocycles. The summed E-state index contributed by atoms with van der Waals surface area (Å²) in [6.07, 6.45) is 2.04. The van der Waals surface area contributed by atoms with E-state index in [0.29, 0.717) is 6.54 Å². The number of carboxylic acids is 1. The van der Waals surface area contributed by atoms with Gasteiger partial charge in [-0.1, -0.05) is 31.2 Å². The van der Waals surface area contributed by atoms with Crippen LogP contribution < -0.4 is 0 Å². The van der Waals surface area contributed by atoms with E-state index < -0.39 is 12.0 Å². The molecule has 2 atom stereocenters. The molecule has 3 rings (SSSR count). The highest BCUT2D eigenvalue weighted by Crippen LogP contribution is 2.25. The van der Waals surface area contributed by atoms with Crippen LogP contribution in [0, 0.1) is 5.92 Å². The van der Waals surface area contributed by atoms with Crippen LogP contribution in [-0.4, -0.2) is 33.5 Å². The summed E-state index contributed by atoms with van der Waals surface area (Å²) in [5.74, 6) is -0.528. The molecule has 0 radical (unpaired) electrons. The number of para-hydroxylation sites is 1. The number of piperidine rings is 1. The summed E-state index contributed by atoms with van der Waals surface area (Å²) in [5, 5.41) is 10.6. The fraction of sp³-hybridized carbons (Fsp3) is 0.412. The molecular formula is C17H20N2O2. The van der Waals surface area contributed by atoms with E-state index in [1.807, 2.05) is 42.2 Å². The normalized spacial score (nSPS) is 23.3. The van der Waals surface area contributed by atoms with Gasteiger partial charge in [-0.2, -0.15) is 0 Å². The van der Waals surface area contributed by atoms with Crippen LogP contribution >= 0.6 is 0 Å². The Morgan fingerprint density at radius 3 is 2.95 bits per heavy atom. The van der Waals surface area contributed by atoms with Crippen molar-refractivity contribution >= 4 is 16.9 Å². The largest absolute Gasteiger partial charge is 0.480 e. The number of carbonyl (C=O) groups is 1. The third-order valence-corrected chi connectivity index (χ3v) is 4.31. The van der Waals surface area contributed by atoms with Crippen LogP contribution in [0.1, 0.15) is 25.5 Å². The van der Waals surface area contributed by atoms with Crippen molar-refractivity contribution in [2.75, 3.05) is 6.54 Å². The molecule has 4 heteroatoms. The highest BCUT2D eigenvalue weighted by atomic mass is 16.4. The standard InChI is InChI=1S/C17H20N2O2/c1-12-5-4-10-19(16(12)17(20)21)11-14-9-8-13-6-2-3-7-15(13)18-14/h2-3,6-9,12,16H,4-5,10-11H2,1H3,(H,20,21). The molecule has 110 valence electrons. The third-order valence-electron chi connectivity index (χ3n) is 4.31. The Morgan fingerprint density at radius 2 is 2.14 bits per heavy atom. The van der Waals surface area contributed by atoms with Crippen molar-refractivity contribution in [2.45, 2.75) is 32.4 Å². The molecule has 0 spiro atoms. The maximum atomic E-state index is 11.5. The van der Waals surface area contributed by atoms with Crippen molar-refractivity contribution in [1.29, 1.82) is 0 Å². The van der Waals surface area contributed by atoms with Crippen LogP contribution in [-0.2, 0) is 11.3 Å². The van der Waals surface area contributed by atoms with E-state index in [9.17, 15) is 9.90 Å². The second-order valence-corrected chi connectivity index (χ2v) is 5.87. The van der Waals surface area contributed by atoms with E-state index in [2.05, 4.69) is 11.1 Å². The van der Waals surface area contributed by atoms with Crippen molar-refractivity contribution in [3.63, 3.8) is 0 Å². The number of nitrogens with zero attached hydrogens (tertiary/aromatic N) is 2. The van der Waals surface area contributed by atoms with E-state index in [4.69, 9.17) is 0 Å². The SMILES string of the molecule is CC1CCCN(Cc2ccc3ccccc3n2)C1C(=O)O. The van der Waals surface area contributed by atoms with Crippen molar-refractivity contribution < 1.29 is 9.90 Å². The average molecular weight is 284 g/mol. The molecule has 2 heterocycles. The lowest BCUT2D eigenvalue weighted by Gasteiger charge is -2.37. The van der Waals surface area contributed by atoms with Gasteiger partial charge in [0.05, 0.1) is 11.2 Å². The maximum absolute atomic E-state index is 11.5. The lowest BCUT2D eigenvalue weighted by Crippen LogP contribution is -2.48. The predicted octanol–water partition coefficient (Wildman–Crippen LogP) is 2.92. The number of hydrogen-bond donors (Lipinski definition) is 1. The summed E-state index contributed by atoms with van der Waals surface area (Å²) in [6, 6.07) is 11.7. The molecule has 1 aliphatic rings. The summed E-state index contributed by atoms with van der Waals surface area (Å²) in [6.45, 7) is 3.46. The Balaban J connectivity index is 1.84. The zero-order valence-electron chi connectivity index (χ0n) is 12.2. The maximum Gasteiger partial charge on any atom is 0.321 e. The molecule has 1 N–H and O–H groups in total. The molecule has 4 nitrogen and oxygen atoms in total. The molecule has 21 heavy (non-hydrogen) atoms. The molecule has 1 aromatic carbocycles. The molecule has 1 saturated heterocycles. The number of pyridine rings is 1. The number of likely N-dealkylation sites (tertiary alicyclic amines) is 1. The van der Waals surface area contributed by atoms with Gasteiger partial charge in [0, 0.05) is 11.9 Å². The third kappa shape index (κ3) is 2.90. The first-order valence-electron chi connectivity index (χ1n) is 7.46. The van der Waals surface area contributed by atoms with Gasteiger partial charge in [-0.3, -0.25) is 14.7 Å². The van der Waals surface area contributed by atoms with Crippen LogP contribution in [0.15, 0.2) is 36.4 Å². The number of carboxylic acid groups (broad SMARTS) is 1. The lowest BCUT2D eigenvalue weighted by atomic mass is 9.90. The Labute approximate surface area is 124 Å². The average Bonchev–Trinajstić information content (AvgIpc) is 2.47. The summed E-state index contributed by atoms with van der Waals surface area (Å²) < 4.78 is 0.